The van der Waals surface area contributed by atoms with Gasteiger partial charge in [-0.1, -0.05) is 18.2 Å². The highest BCUT2D eigenvalue weighted by molar-refractivity contribution is 7.52. The van der Waals surface area contributed by atoms with Crippen LogP contribution in [0.15, 0.2) is 36.7 Å². The number of rotatable bonds is 12. The number of aromatic nitrogens is 4. The standard InChI is InChI=1S/C25H33N6O9P/c1-5-36-20-17-19(28-23(26)29-20)31(13-27-17)21-18(32)25(34)11-24(25,39-21)12-37-41(35,40-16-9-7-6-8-10-16)30-15(4)22(33)38-14(2)3/h6-10,13-15,18,21,32,34H,5,11-12H2,1-4H3,(H,30,35)(H2,26,28,29)/t15?,18-,21?,24+,25-,41?/m0/s1. The maximum atomic E-state index is 13.9. The summed E-state index contributed by atoms with van der Waals surface area (Å²) in [5, 5.41) is 25.0. The van der Waals surface area contributed by atoms with Gasteiger partial charge in [-0.05, 0) is 39.8 Å². The number of hydrogen-bond acceptors (Lipinski definition) is 13. The number of aliphatic hydroxyl groups is 2. The van der Waals surface area contributed by atoms with Gasteiger partial charge in [0.25, 0.3) is 0 Å². The van der Waals surface area contributed by atoms with Gasteiger partial charge in [0.2, 0.25) is 11.8 Å². The van der Waals surface area contributed by atoms with E-state index in [1.807, 2.05) is 0 Å². The second-order valence-corrected chi connectivity index (χ2v) is 11.9. The van der Waals surface area contributed by atoms with Crippen LogP contribution in [0.2, 0.25) is 0 Å². The first kappa shape index (κ1) is 29.2. The van der Waals surface area contributed by atoms with E-state index in [1.165, 1.54) is 17.8 Å². The summed E-state index contributed by atoms with van der Waals surface area (Å²) in [5.41, 5.74) is 3.18. The second-order valence-electron chi connectivity index (χ2n) is 10.2. The molecule has 2 aromatic heterocycles. The Morgan fingerprint density at radius 3 is 2.71 bits per heavy atom. The Kier molecular flexibility index (Phi) is 7.70. The number of anilines is 1. The average Bonchev–Trinajstić information content (AvgIpc) is 3.17. The van der Waals surface area contributed by atoms with E-state index >= 15 is 0 Å². The van der Waals surface area contributed by atoms with Gasteiger partial charge in [0, 0.05) is 6.42 Å². The third-order valence-electron chi connectivity index (χ3n) is 6.78. The van der Waals surface area contributed by atoms with E-state index in [2.05, 4.69) is 20.0 Å². The number of benzene rings is 1. The molecular formula is C25H33N6O9P. The summed E-state index contributed by atoms with van der Waals surface area (Å²) in [5.74, 6) is -0.353. The number of fused-ring (bicyclic) bond motifs is 2. The molecule has 0 radical (unpaired) electrons. The number of hydrogen-bond donors (Lipinski definition) is 4. The van der Waals surface area contributed by atoms with E-state index in [1.54, 1.807) is 51.1 Å². The fourth-order valence-electron chi connectivity index (χ4n) is 4.71. The molecule has 2 aliphatic rings. The lowest BCUT2D eigenvalue weighted by Gasteiger charge is -2.25. The number of carbonyl (C=O) groups is 1. The number of para-hydroxylation sites is 1. The van der Waals surface area contributed by atoms with Crippen LogP contribution in [0.4, 0.5) is 5.95 Å². The average molecular weight is 593 g/mol. The first-order chi connectivity index (χ1) is 19.4. The van der Waals surface area contributed by atoms with Gasteiger partial charge in [0.1, 0.15) is 29.1 Å². The van der Waals surface area contributed by atoms with Gasteiger partial charge in [-0.2, -0.15) is 15.1 Å². The van der Waals surface area contributed by atoms with Crippen molar-refractivity contribution in [3.8, 4) is 11.6 Å². The van der Waals surface area contributed by atoms with Crippen LogP contribution in [0.25, 0.3) is 11.2 Å². The molecule has 1 aliphatic carbocycles. The van der Waals surface area contributed by atoms with E-state index in [4.69, 9.17) is 29.0 Å². The molecule has 6 atom stereocenters. The summed E-state index contributed by atoms with van der Waals surface area (Å²) in [6.07, 6.45) is -1.62. The Hall–Kier alpha value is -3.33. The summed E-state index contributed by atoms with van der Waals surface area (Å²) in [6, 6.07) is 7.19. The number of nitrogens with zero attached hydrogens (tertiary/aromatic N) is 4. The lowest BCUT2D eigenvalue weighted by molar-refractivity contribution is -0.149. The minimum atomic E-state index is -4.25. The molecule has 2 fully saturated rings. The highest BCUT2D eigenvalue weighted by atomic mass is 31.2. The molecule has 3 unspecified atom stereocenters. The normalized spacial score (nSPS) is 27.3. The van der Waals surface area contributed by atoms with Crippen molar-refractivity contribution in [2.45, 2.75) is 69.8 Å². The van der Waals surface area contributed by atoms with Crippen LogP contribution < -0.4 is 20.1 Å². The van der Waals surface area contributed by atoms with Crippen LogP contribution in [0.1, 0.15) is 40.3 Å². The van der Waals surface area contributed by atoms with Crippen LogP contribution in [-0.4, -0.2) is 78.4 Å². The summed E-state index contributed by atoms with van der Waals surface area (Å²) in [6.45, 7) is 6.48. The van der Waals surface area contributed by atoms with Gasteiger partial charge in [-0.3, -0.25) is 13.9 Å². The number of imidazole rings is 1. The number of nitrogens with one attached hydrogen (secondary N) is 1. The molecule has 16 heteroatoms. The topological polar surface area (TPSA) is 202 Å². The SMILES string of the molecule is CCOc1nc(N)nc2c1ncn2C1O[C@@]2(COP(=O)(NC(C)C(=O)OC(C)C)Oc3ccccc3)C[C@]2(O)[C@H]1O. The highest BCUT2D eigenvalue weighted by Crippen LogP contribution is 2.64. The quantitative estimate of drug-likeness (QED) is 0.175. The molecule has 222 valence electrons. The fourth-order valence-corrected chi connectivity index (χ4v) is 6.25. The summed E-state index contributed by atoms with van der Waals surface area (Å²) in [4.78, 5) is 25.0. The molecule has 0 spiro atoms. The molecule has 5 rings (SSSR count). The van der Waals surface area contributed by atoms with Crippen molar-refractivity contribution in [2.24, 2.45) is 0 Å². The predicted octanol–water partition coefficient (Wildman–Crippen LogP) is 1.70. The largest absolute Gasteiger partial charge is 0.476 e. The summed E-state index contributed by atoms with van der Waals surface area (Å²) >= 11 is 0. The molecule has 1 saturated carbocycles. The van der Waals surface area contributed by atoms with E-state index in [0.717, 1.165) is 0 Å². The van der Waals surface area contributed by atoms with Gasteiger partial charge < -0.3 is 34.7 Å². The molecule has 0 amide bonds. The minimum Gasteiger partial charge on any atom is -0.476 e. The van der Waals surface area contributed by atoms with Crippen LogP contribution in [0, 0.1) is 0 Å². The maximum absolute atomic E-state index is 13.9. The molecule has 3 aromatic rings. The van der Waals surface area contributed by atoms with Crippen LogP contribution >= 0.6 is 7.75 Å². The van der Waals surface area contributed by atoms with Crippen LogP contribution in [0.5, 0.6) is 11.6 Å². The van der Waals surface area contributed by atoms with E-state index in [9.17, 15) is 19.6 Å². The molecule has 0 bridgehead atoms. The molecule has 1 saturated heterocycles. The molecule has 1 aromatic carbocycles. The second kappa shape index (κ2) is 10.8. The number of nitrogens with two attached hydrogens (primary N) is 1. The number of nitrogen functional groups attached to an aromatic ring is 1. The Morgan fingerprint density at radius 1 is 1.29 bits per heavy atom. The molecule has 41 heavy (non-hydrogen) atoms. The Morgan fingerprint density at radius 2 is 2.02 bits per heavy atom. The van der Waals surface area contributed by atoms with Gasteiger partial charge in [0.15, 0.2) is 17.4 Å². The third kappa shape index (κ3) is 5.48. The lowest BCUT2D eigenvalue weighted by atomic mass is 10.1. The van der Waals surface area contributed by atoms with E-state index in [0.29, 0.717) is 12.1 Å². The zero-order valence-electron chi connectivity index (χ0n) is 23.0. The summed E-state index contributed by atoms with van der Waals surface area (Å²) < 4.78 is 43.6. The van der Waals surface area contributed by atoms with Gasteiger partial charge in [-0.25, -0.2) is 9.55 Å². The van der Waals surface area contributed by atoms with Crippen LogP contribution in [0.3, 0.4) is 0 Å². The molecular weight excluding hydrogens is 559 g/mol. The van der Waals surface area contributed by atoms with Crippen molar-refractivity contribution in [3.63, 3.8) is 0 Å². The zero-order chi connectivity index (χ0) is 29.6. The Labute approximate surface area is 235 Å². The highest BCUT2D eigenvalue weighted by Gasteiger charge is 2.80. The van der Waals surface area contributed by atoms with Crippen molar-refractivity contribution in [2.75, 3.05) is 18.9 Å². The van der Waals surface area contributed by atoms with E-state index < -0.39 is 56.0 Å². The van der Waals surface area contributed by atoms with Crippen molar-refractivity contribution in [3.05, 3.63) is 36.7 Å². The van der Waals surface area contributed by atoms with Gasteiger partial charge in [0.05, 0.1) is 25.6 Å². The molecule has 3 heterocycles. The zero-order valence-corrected chi connectivity index (χ0v) is 23.9. The molecule has 1 aliphatic heterocycles. The van der Waals surface area contributed by atoms with Crippen molar-refractivity contribution in [1.29, 1.82) is 0 Å². The number of carbonyl (C=O) groups excluding carboxylic acids is 1. The molecule has 15 nitrogen and oxygen atoms in total. The van der Waals surface area contributed by atoms with Crippen molar-refractivity contribution in [1.82, 2.24) is 24.6 Å². The van der Waals surface area contributed by atoms with Gasteiger partial charge in [-0.15, -0.1) is 0 Å². The van der Waals surface area contributed by atoms with Crippen molar-refractivity contribution < 1.29 is 42.8 Å². The Balaban J connectivity index is 1.38. The lowest BCUT2D eigenvalue weighted by Crippen LogP contribution is -2.38. The Bertz CT molecular complexity index is 1470. The first-order valence-electron chi connectivity index (χ1n) is 13.1. The smallest absolute Gasteiger partial charge is 0.459 e. The first-order valence-corrected chi connectivity index (χ1v) is 14.6. The van der Waals surface area contributed by atoms with E-state index in [-0.39, 0.29) is 29.6 Å². The minimum absolute atomic E-state index is 0.0120. The fraction of sp³-hybridized carbons (Fsp3) is 0.520. The number of esters is 1. The third-order valence-corrected chi connectivity index (χ3v) is 8.40. The number of ether oxygens (including phenoxy) is 3. The monoisotopic (exact) mass is 592 g/mol. The van der Waals surface area contributed by atoms with Crippen LogP contribution in [-0.2, 0) is 23.4 Å². The summed E-state index contributed by atoms with van der Waals surface area (Å²) in [7, 11) is -4.25. The van der Waals surface area contributed by atoms with Gasteiger partial charge >= 0.3 is 13.7 Å². The molecule has 5 N–H and O–H groups in total. The van der Waals surface area contributed by atoms with Crippen molar-refractivity contribution >= 4 is 30.8 Å². The number of aliphatic hydroxyl groups excluding tert-OH is 1. The maximum Gasteiger partial charge on any atom is 0.459 e. The predicted molar refractivity (Wildman–Crippen MR) is 144 cm³/mol.